The van der Waals surface area contributed by atoms with Crippen LogP contribution in [0.4, 0.5) is 0 Å². The number of imidazole rings is 1. The Morgan fingerprint density at radius 2 is 2.11 bits per heavy atom. The molecular formula is C13H17N3OS. The summed E-state index contributed by atoms with van der Waals surface area (Å²) in [5.74, 6) is 0. The summed E-state index contributed by atoms with van der Waals surface area (Å²) >= 11 is -1.23. The van der Waals surface area contributed by atoms with Gasteiger partial charge in [0, 0.05) is 24.2 Å². The van der Waals surface area contributed by atoms with Crippen molar-refractivity contribution in [1.82, 2.24) is 9.38 Å². The van der Waals surface area contributed by atoms with E-state index in [4.69, 9.17) is 0 Å². The molecule has 0 bridgehead atoms. The van der Waals surface area contributed by atoms with Gasteiger partial charge in [-0.25, -0.2) is 4.98 Å². The summed E-state index contributed by atoms with van der Waals surface area (Å²) in [6, 6.07) is 3.87. The molecule has 0 saturated carbocycles. The van der Waals surface area contributed by atoms with Crippen LogP contribution in [0.1, 0.15) is 33.3 Å². The Morgan fingerprint density at radius 1 is 1.39 bits per heavy atom. The standard InChI is InChI=1S/C13H17N3OS/c1-10(15-18(17)13(2,3)4)11-5-6-12-14-7-8-16(12)9-11/h5-9H,1-4H3/b15-10+. The normalized spacial score (nSPS) is 15.1. The van der Waals surface area contributed by atoms with Gasteiger partial charge in [0.25, 0.3) is 0 Å². The molecule has 0 amide bonds. The molecule has 0 aromatic carbocycles. The Bertz CT molecular complexity index is 583. The van der Waals surface area contributed by atoms with Gasteiger partial charge in [-0.3, -0.25) is 0 Å². The van der Waals surface area contributed by atoms with Crippen LogP contribution in [-0.2, 0) is 11.4 Å². The molecule has 0 saturated heterocycles. The maximum absolute atomic E-state index is 12.0. The Kier molecular flexibility index (Phi) is 3.45. The molecule has 0 aliphatic heterocycles. The summed E-state index contributed by atoms with van der Waals surface area (Å²) in [7, 11) is 0. The second-order valence-electron chi connectivity index (χ2n) is 5.15. The third kappa shape index (κ3) is 2.73. The van der Waals surface area contributed by atoms with Gasteiger partial charge < -0.3 is 8.95 Å². The highest BCUT2D eigenvalue weighted by Crippen LogP contribution is 2.18. The van der Waals surface area contributed by atoms with E-state index in [0.29, 0.717) is 0 Å². The second-order valence-corrected chi connectivity index (χ2v) is 7.05. The molecule has 18 heavy (non-hydrogen) atoms. The van der Waals surface area contributed by atoms with Crippen LogP contribution < -0.4 is 0 Å². The molecule has 0 spiro atoms. The summed E-state index contributed by atoms with van der Waals surface area (Å²) in [6.45, 7) is 7.62. The quantitative estimate of drug-likeness (QED) is 0.617. The summed E-state index contributed by atoms with van der Waals surface area (Å²) in [4.78, 5) is 4.18. The summed E-state index contributed by atoms with van der Waals surface area (Å²) < 4.78 is 17.8. The van der Waals surface area contributed by atoms with Crippen molar-refractivity contribution in [3.05, 3.63) is 36.3 Å². The number of pyridine rings is 1. The number of fused-ring (bicyclic) bond motifs is 1. The summed E-state index contributed by atoms with van der Waals surface area (Å²) in [6.07, 6.45) is 5.58. The zero-order valence-electron chi connectivity index (χ0n) is 11.0. The van der Waals surface area contributed by atoms with Crippen LogP contribution in [0.2, 0.25) is 0 Å². The van der Waals surface area contributed by atoms with Crippen molar-refractivity contribution in [2.45, 2.75) is 32.4 Å². The molecule has 0 radical (unpaired) electrons. The number of rotatable bonds is 2. The first-order chi connectivity index (χ1) is 8.38. The smallest absolute Gasteiger partial charge is 0.144 e. The van der Waals surface area contributed by atoms with Gasteiger partial charge in [-0.05, 0) is 39.8 Å². The third-order valence-corrected chi connectivity index (χ3v) is 4.04. The van der Waals surface area contributed by atoms with E-state index < -0.39 is 11.4 Å². The van der Waals surface area contributed by atoms with Gasteiger partial charge >= 0.3 is 0 Å². The fourth-order valence-corrected chi connectivity index (χ4v) is 2.08. The van der Waals surface area contributed by atoms with Crippen LogP contribution >= 0.6 is 0 Å². The van der Waals surface area contributed by atoms with Crippen LogP contribution in [0.25, 0.3) is 5.65 Å². The lowest BCUT2D eigenvalue weighted by Gasteiger charge is -2.18. The molecule has 2 rings (SSSR count). The predicted molar refractivity (Wildman–Crippen MR) is 75.3 cm³/mol. The molecule has 0 N–H and O–H groups in total. The van der Waals surface area contributed by atoms with E-state index in [1.165, 1.54) is 0 Å². The minimum atomic E-state index is -1.23. The first-order valence-corrected chi connectivity index (χ1v) is 6.89. The molecule has 5 heteroatoms. The van der Waals surface area contributed by atoms with E-state index in [1.54, 1.807) is 6.20 Å². The van der Waals surface area contributed by atoms with Gasteiger partial charge in [0.15, 0.2) is 0 Å². The van der Waals surface area contributed by atoms with Crippen molar-refractivity contribution in [2.75, 3.05) is 0 Å². The van der Waals surface area contributed by atoms with Crippen LogP contribution in [0.15, 0.2) is 35.1 Å². The maximum atomic E-state index is 12.0. The van der Waals surface area contributed by atoms with Crippen molar-refractivity contribution < 1.29 is 4.55 Å². The molecule has 2 aromatic rings. The van der Waals surface area contributed by atoms with E-state index >= 15 is 0 Å². The van der Waals surface area contributed by atoms with Crippen molar-refractivity contribution in [2.24, 2.45) is 4.40 Å². The minimum absolute atomic E-state index is 0.333. The van der Waals surface area contributed by atoms with Crippen LogP contribution in [0.3, 0.4) is 0 Å². The van der Waals surface area contributed by atoms with E-state index in [0.717, 1.165) is 16.9 Å². The Morgan fingerprint density at radius 3 is 2.78 bits per heavy atom. The van der Waals surface area contributed by atoms with E-state index in [1.807, 2.05) is 56.6 Å². The molecule has 1 unspecified atom stereocenters. The number of hydrogen-bond acceptors (Lipinski definition) is 3. The maximum Gasteiger partial charge on any atom is 0.144 e. The fourth-order valence-electron chi connectivity index (χ4n) is 1.45. The van der Waals surface area contributed by atoms with Crippen molar-refractivity contribution in [1.29, 1.82) is 0 Å². The molecule has 0 aliphatic carbocycles. The van der Waals surface area contributed by atoms with E-state index in [2.05, 4.69) is 9.38 Å². The molecule has 2 heterocycles. The van der Waals surface area contributed by atoms with Crippen molar-refractivity contribution in [3.8, 4) is 0 Å². The van der Waals surface area contributed by atoms with Crippen LogP contribution in [-0.4, -0.2) is 24.4 Å². The highest BCUT2D eigenvalue weighted by Gasteiger charge is 2.26. The third-order valence-electron chi connectivity index (χ3n) is 2.55. The molecular weight excluding hydrogens is 246 g/mol. The van der Waals surface area contributed by atoms with Gasteiger partial charge in [-0.15, -0.1) is 0 Å². The van der Waals surface area contributed by atoms with Crippen LogP contribution in [0, 0.1) is 0 Å². The number of aromatic nitrogens is 2. The summed E-state index contributed by atoms with van der Waals surface area (Å²) in [5, 5.41) is 0. The topological polar surface area (TPSA) is 52.7 Å². The van der Waals surface area contributed by atoms with Gasteiger partial charge in [0.1, 0.15) is 21.8 Å². The molecule has 96 valence electrons. The molecule has 1 atom stereocenters. The lowest BCUT2D eigenvalue weighted by atomic mass is 10.2. The van der Waals surface area contributed by atoms with Gasteiger partial charge in [-0.2, -0.15) is 0 Å². The molecule has 4 nitrogen and oxygen atoms in total. The van der Waals surface area contributed by atoms with Crippen LogP contribution in [0.5, 0.6) is 0 Å². The highest BCUT2D eigenvalue weighted by molar-refractivity contribution is 7.91. The zero-order valence-corrected chi connectivity index (χ0v) is 11.9. The Hall–Kier alpha value is -1.33. The summed E-state index contributed by atoms with van der Waals surface area (Å²) in [5.41, 5.74) is 2.63. The molecule has 0 fully saturated rings. The average Bonchev–Trinajstić information content (AvgIpc) is 2.74. The van der Waals surface area contributed by atoms with Gasteiger partial charge in [0.2, 0.25) is 0 Å². The SMILES string of the molecule is C/C(=N\[S+]([O-])C(C)(C)C)c1ccc2nccn2c1. The first-order valence-electron chi connectivity index (χ1n) is 5.78. The molecule has 2 aromatic heterocycles. The Balaban J connectivity index is 2.32. The zero-order chi connectivity index (χ0) is 13.3. The van der Waals surface area contributed by atoms with Gasteiger partial charge in [0.05, 0.1) is 5.71 Å². The number of nitrogens with zero attached hydrogens (tertiary/aromatic N) is 3. The average molecular weight is 263 g/mol. The van der Waals surface area contributed by atoms with Gasteiger partial charge in [-0.1, -0.05) is 4.40 Å². The lowest BCUT2D eigenvalue weighted by Crippen LogP contribution is -2.26. The number of hydrogen-bond donors (Lipinski definition) is 0. The molecule has 0 aliphatic rings. The second kappa shape index (κ2) is 4.74. The van der Waals surface area contributed by atoms with Crippen molar-refractivity contribution >= 4 is 22.7 Å². The lowest BCUT2D eigenvalue weighted by molar-refractivity contribution is 0.561. The van der Waals surface area contributed by atoms with E-state index in [-0.39, 0.29) is 4.75 Å². The monoisotopic (exact) mass is 263 g/mol. The predicted octanol–water partition coefficient (Wildman–Crippen LogP) is 2.61. The van der Waals surface area contributed by atoms with E-state index in [9.17, 15) is 4.55 Å². The first kappa shape index (κ1) is 13.1. The fraction of sp³-hybridized carbons (Fsp3) is 0.385. The largest absolute Gasteiger partial charge is 0.591 e. The highest BCUT2D eigenvalue weighted by atomic mass is 32.2. The van der Waals surface area contributed by atoms with Crippen molar-refractivity contribution in [3.63, 3.8) is 0 Å². The Labute approximate surface area is 110 Å². The minimum Gasteiger partial charge on any atom is -0.591 e.